The minimum atomic E-state index is -0.482. The topological polar surface area (TPSA) is 81.4 Å². The summed E-state index contributed by atoms with van der Waals surface area (Å²) in [6.45, 7) is 3.36. The molecule has 0 aromatic carbocycles. The van der Waals surface area contributed by atoms with Crippen molar-refractivity contribution in [2.75, 3.05) is 18.2 Å². The standard InChI is InChI=1S/C8H16N2O3S/c1-6(9)8(12)10-5-14-4-3-13-7(2)11/h6H,3-5,9H2,1-2H3,(H,10,12)/t6-/m0/s1. The van der Waals surface area contributed by atoms with Crippen LogP contribution in [0.5, 0.6) is 0 Å². The van der Waals surface area contributed by atoms with Gasteiger partial charge in [-0.3, -0.25) is 9.59 Å². The van der Waals surface area contributed by atoms with Gasteiger partial charge in [0.05, 0.1) is 11.9 Å². The maximum atomic E-state index is 10.9. The van der Waals surface area contributed by atoms with E-state index < -0.39 is 6.04 Å². The average Bonchev–Trinajstić information content (AvgIpc) is 2.09. The highest BCUT2D eigenvalue weighted by Crippen LogP contribution is 1.96. The molecule has 0 aliphatic carbocycles. The highest BCUT2D eigenvalue weighted by molar-refractivity contribution is 7.99. The molecule has 0 fully saturated rings. The summed E-state index contributed by atoms with van der Waals surface area (Å²) in [5.74, 6) is 0.690. The lowest BCUT2D eigenvalue weighted by atomic mass is 10.3. The zero-order chi connectivity index (χ0) is 11.0. The summed E-state index contributed by atoms with van der Waals surface area (Å²) < 4.78 is 4.70. The van der Waals surface area contributed by atoms with E-state index in [0.29, 0.717) is 18.2 Å². The number of hydrogen-bond donors (Lipinski definition) is 2. The van der Waals surface area contributed by atoms with Crippen molar-refractivity contribution in [3.05, 3.63) is 0 Å². The fourth-order valence-electron chi connectivity index (χ4n) is 0.600. The van der Waals surface area contributed by atoms with Gasteiger partial charge in [-0.2, -0.15) is 0 Å². The van der Waals surface area contributed by atoms with Gasteiger partial charge in [0.15, 0.2) is 0 Å². The van der Waals surface area contributed by atoms with Crippen molar-refractivity contribution in [3.63, 3.8) is 0 Å². The zero-order valence-corrected chi connectivity index (χ0v) is 9.23. The van der Waals surface area contributed by atoms with Gasteiger partial charge < -0.3 is 15.8 Å². The molecule has 0 radical (unpaired) electrons. The molecule has 1 amide bonds. The molecule has 0 unspecified atom stereocenters. The van der Waals surface area contributed by atoms with Crippen molar-refractivity contribution < 1.29 is 14.3 Å². The van der Waals surface area contributed by atoms with Crippen LogP contribution in [-0.2, 0) is 14.3 Å². The second-order valence-corrected chi connectivity index (χ2v) is 3.83. The molecule has 0 rings (SSSR count). The number of thioether (sulfide) groups is 1. The van der Waals surface area contributed by atoms with E-state index in [2.05, 4.69) is 5.32 Å². The molecule has 0 heterocycles. The van der Waals surface area contributed by atoms with Crippen LogP contribution in [0.2, 0.25) is 0 Å². The van der Waals surface area contributed by atoms with Gasteiger partial charge in [-0.1, -0.05) is 0 Å². The lowest BCUT2D eigenvalue weighted by Crippen LogP contribution is -2.38. The van der Waals surface area contributed by atoms with E-state index in [1.807, 2.05) is 0 Å². The zero-order valence-electron chi connectivity index (χ0n) is 8.41. The van der Waals surface area contributed by atoms with Crippen molar-refractivity contribution in [1.82, 2.24) is 5.32 Å². The Morgan fingerprint density at radius 1 is 1.57 bits per heavy atom. The SMILES string of the molecule is CC(=O)OCCSCNC(=O)[C@H](C)N. The molecule has 0 aromatic heterocycles. The summed E-state index contributed by atoms with van der Waals surface area (Å²) >= 11 is 1.48. The van der Waals surface area contributed by atoms with Crippen molar-refractivity contribution in [1.29, 1.82) is 0 Å². The van der Waals surface area contributed by atoms with Crippen LogP contribution in [0.1, 0.15) is 13.8 Å². The second-order valence-electron chi connectivity index (χ2n) is 2.72. The van der Waals surface area contributed by atoms with E-state index in [0.717, 1.165) is 0 Å². The molecule has 14 heavy (non-hydrogen) atoms. The maximum absolute atomic E-state index is 10.9. The van der Waals surface area contributed by atoms with Gasteiger partial charge in [0, 0.05) is 12.7 Å². The van der Waals surface area contributed by atoms with Crippen molar-refractivity contribution in [3.8, 4) is 0 Å². The van der Waals surface area contributed by atoms with Gasteiger partial charge >= 0.3 is 5.97 Å². The highest BCUT2D eigenvalue weighted by atomic mass is 32.2. The van der Waals surface area contributed by atoms with Gasteiger partial charge in [0.25, 0.3) is 0 Å². The summed E-state index contributed by atoms with van der Waals surface area (Å²) in [5.41, 5.74) is 5.33. The van der Waals surface area contributed by atoms with E-state index in [1.54, 1.807) is 6.92 Å². The van der Waals surface area contributed by atoms with Crippen molar-refractivity contribution >= 4 is 23.6 Å². The Kier molecular flexibility index (Phi) is 7.23. The Morgan fingerprint density at radius 3 is 2.71 bits per heavy atom. The second kappa shape index (κ2) is 7.64. The van der Waals surface area contributed by atoms with Crippen LogP contribution < -0.4 is 11.1 Å². The summed E-state index contributed by atoms with van der Waals surface area (Å²) in [5, 5.41) is 2.63. The van der Waals surface area contributed by atoms with E-state index in [-0.39, 0.29) is 11.9 Å². The first-order valence-electron chi connectivity index (χ1n) is 4.28. The summed E-state index contributed by atoms with van der Waals surface area (Å²) in [6.07, 6.45) is 0. The first kappa shape index (κ1) is 13.2. The Labute approximate surface area is 87.7 Å². The predicted molar refractivity (Wildman–Crippen MR) is 55.8 cm³/mol. The lowest BCUT2D eigenvalue weighted by molar-refractivity contribution is -0.140. The summed E-state index contributed by atoms with van der Waals surface area (Å²) in [4.78, 5) is 21.3. The van der Waals surface area contributed by atoms with Crippen molar-refractivity contribution in [2.24, 2.45) is 5.73 Å². The Balaban J connectivity index is 3.22. The Morgan fingerprint density at radius 2 is 2.21 bits per heavy atom. The molecular weight excluding hydrogens is 204 g/mol. The molecule has 0 aromatic rings. The number of rotatable bonds is 6. The minimum Gasteiger partial charge on any atom is -0.465 e. The van der Waals surface area contributed by atoms with Crippen LogP contribution in [0.4, 0.5) is 0 Å². The van der Waals surface area contributed by atoms with Gasteiger partial charge in [0.1, 0.15) is 6.61 Å². The minimum absolute atomic E-state index is 0.176. The highest BCUT2D eigenvalue weighted by Gasteiger charge is 2.04. The molecule has 0 saturated carbocycles. The monoisotopic (exact) mass is 220 g/mol. The number of carbonyl (C=O) groups is 2. The summed E-state index contributed by atoms with van der Waals surface area (Å²) in [6, 6.07) is -0.482. The third-order valence-corrected chi connectivity index (χ3v) is 2.10. The molecule has 5 nitrogen and oxygen atoms in total. The first-order chi connectivity index (χ1) is 6.54. The smallest absolute Gasteiger partial charge is 0.302 e. The van der Waals surface area contributed by atoms with Gasteiger partial charge in [-0.15, -0.1) is 11.8 Å². The van der Waals surface area contributed by atoms with Crippen LogP contribution in [0, 0.1) is 0 Å². The third kappa shape index (κ3) is 7.88. The third-order valence-electron chi connectivity index (χ3n) is 1.30. The molecule has 6 heteroatoms. The van der Waals surface area contributed by atoms with Gasteiger partial charge in [0.2, 0.25) is 5.91 Å². The molecule has 0 saturated heterocycles. The number of amides is 1. The van der Waals surface area contributed by atoms with Crippen LogP contribution in [0.15, 0.2) is 0 Å². The number of ether oxygens (including phenoxy) is 1. The molecule has 0 spiro atoms. The largest absolute Gasteiger partial charge is 0.465 e. The number of nitrogens with two attached hydrogens (primary N) is 1. The molecule has 0 bridgehead atoms. The average molecular weight is 220 g/mol. The molecule has 1 atom stereocenters. The quantitative estimate of drug-likeness (QED) is 0.365. The van der Waals surface area contributed by atoms with Gasteiger partial charge in [-0.05, 0) is 6.92 Å². The Bertz CT molecular complexity index is 197. The van der Waals surface area contributed by atoms with E-state index in [9.17, 15) is 9.59 Å². The fourth-order valence-corrected chi connectivity index (χ4v) is 1.19. The molecule has 82 valence electrons. The van der Waals surface area contributed by atoms with Crippen molar-refractivity contribution in [2.45, 2.75) is 19.9 Å². The van der Waals surface area contributed by atoms with E-state index in [4.69, 9.17) is 10.5 Å². The molecule has 3 N–H and O–H groups in total. The van der Waals surface area contributed by atoms with E-state index in [1.165, 1.54) is 18.7 Å². The summed E-state index contributed by atoms with van der Waals surface area (Å²) in [7, 11) is 0. The van der Waals surface area contributed by atoms with E-state index >= 15 is 0 Å². The van der Waals surface area contributed by atoms with Gasteiger partial charge in [-0.25, -0.2) is 0 Å². The van der Waals surface area contributed by atoms with Crippen LogP contribution in [-0.4, -0.2) is 36.2 Å². The fraction of sp³-hybridized carbons (Fsp3) is 0.750. The number of nitrogens with one attached hydrogen (secondary N) is 1. The number of carbonyl (C=O) groups excluding carboxylic acids is 2. The molecular formula is C8H16N2O3S. The van der Waals surface area contributed by atoms with Crippen LogP contribution in [0.25, 0.3) is 0 Å². The maximum Gasteiger partial charge on any atom is 0.302 e. The molecule has 0 aliphatic heterocycles. The predicted octanol–water partition coefficient (Wildman–Crippen LogP) is -0.296. The van der Waals surface area contributed by atoms with Crippen LogP contribution in [0.3, 0.4) is 0 Å². The lowest BCUT2D eigenvalue weighted by Gasteiger charge is -2.07. The number of esters is 1. The van der Waals surface area contributed by atoms with Crippen LogP contribution >= 0.6 is 11.8 Å². The first-order valence-corrected chi connectivity index (χ1v) is 5.44. The number of hydrogen-bond acceptors (Lipinski definition) is 5. The Hall–Kier alpha value is -0.750. The molecule has 0 aliphatic rings. The normalized spacial score (nSPS) is 11.9.